The number of alkyl halides is 3. The van der Waals surface area contributed by atoms with E-state index in [9.17, 15) is 13.2 Å². The quantitative estimate of drug-likeness (QED) is 0.813. The van der Waals surface area contributed by atoms with E-state index < -0.39 is 11.7 Å². The molecule has 0 aromatic carbocycles. The summed E-state index contributed by atoms with van der Waals surface area (Å²) in [5.41, 5.74) is -0.845. The molecule has 2 aromatic heterocycles. The molecule has 0 atom stereocenters. The molecule has 2 heterocycles. The zero-order valence-corrected chi connectivity index (χ0v) is 7.81. The van der Waals surface area contributed by atoms with Crippen molar-refractivity contribution in [2.75, 3.05) is 0 Å². The number of rotatable bonds is 1. The van der Waals surface area contributed by atoms with Crippen LogP contribution in [0.25, 0.3) is 5.82 Å². The highest BCUT2D eigenvalue weighted by Crippen LogP contribution is 2.28. The lowest BCUT2D eigenvalue weighted by molar-refractivity contribution is -0.137. The van der Waals surface area contributed by atoms with Crippen molar-refractivity contribution < 1.29 is 18.3 Å². The predicted molar refractivity (Wildman–Crippen MR) is 48.0 cm³/mol. The average molecular weight is 229 g/mol. The van der Waals surface area contributed by atoms with Gasteiger partial charge < -0.3 is 5.11 Å². The minimum Gasteiger partial charge on any atom is -0.506 e. The summed E-state index contributed by atoms with van der Waals surface area (Å²) in [5, 5.41) is 12.5. The van der Waals surface area contributed by atoms with Gasteiger partial charge in [0.05, 0.1) is 18.0 Å². The summed E-state index contributed by atoms with van der Waals surface area (Å²) in [6.45, 7) is 0. The van der Waals surface area contributed by atoms with Crippen LogP contribution in [-0.2, 0) is 6.18 Å². The Morgan fingerprint density at radius 1 is 1.19 bits per heavy atom. The van der Waals surface area contributed by atoms with Gasteiger partial charge in [-0.2, -0.15) is 18.3 Å². The molecule has 16 heavy (non-hydrogen) atoms. The van der Waals surface area contributed by atoms with Crippen LogP contribution in [0.2, 0.25) is 0 Å². The molecule has 0 saturated carbocycles. The van der Waals surface area contributed by atoms with Gasteiger partial charge in [-0.1, -0.05) is 0 Å². The number of nitrogens with zero attached hydrogens (tertiary/aromatic N) is 3. The number of hydrogen-bond acceptors (Lipinski definition) is 3. The largest absolute Gasteiger partial charge is 0.506 e. The minimum atomic E-state index is -4.42. The second-order valence-corrected chi connectivity index (χ2v) is 3.05. The number of hydrogen-bond donors (Lipinski definition) is 1. The van der Waals surface area contributed by atoms with Gasteiger partial charge in [0.25, 0.3) is 0 Å². The molecule has 0 aliphatic rings. The Hall–Kier alpha value is -2.05. The van der Waals surface area contributed by atoms with Crippen molar-refractivity contribution in [1.82, 2.24) is 14.8 Å². The van der Waals surface area contributed by atoms with Gasteiger partial charge in [-0.3, -0.25) is 0 Å². The van der Waals surface area contributed by atoms with Crippen molar-refractivity contribution in [3.05, 3.63) is 36.3 Å². The summed E-state index contributed by atoms with van der Waals surface area (Å²) in [6.07, 6.45) is -1.74. The summed E-state index contributed by atoms with van der Waals surface area (Å²) in [6, 6.07) is 2.68. The molecule has 84 valence electrons. The fraction of sp³-hybridized carbons (Fsp3) is 0.111. The Bertz CT molecular complexity index is 489. The van der Waals surface area contributed by atoms with Crippen LogP contribution >= 0.6 is 0 Å². The van der Waals surface area contributed by atoms with E-state index in [1.54, 1.807) is 0 Å². The summed E-state index contributed by atoms with van der Waals surface area (Å²) < 4.78 is 37.8. The molecule has 0 unspecified atom stereocenters. The fourth-order valence-corrected chi connectivity index (χ4v) is 1.11. The molecular weight excluding hydrogens is 223 g/mol. The molecule has 0 aliphatic carbocycles. The van der Waals surface area contributed by atoms with E-state index in [1.165, 1.54) is 12.1 Å². The second kappa shape index (κ2) is 3.51. The molecule has 0 spiro atoms. The van der Waals surface area contributed by atoms with Crippen LogP contribution in [0.15, 0.2) is 30.7 Å². The predicted octanol–water partition coefficient (Wildman–Crippen LogP) is 1.99. The molecule has 4 nitrogen and oxygen atoms in total. The van der Waals surface area contributed by atoms with E-state index in [0.29, 0.717) is 6.20 Å². The summed E-state index contributed by atoms with van der Waals surface area (Å²) in [5.74, 6) is 0.139. The van der Waals surface area contributed by atoms with Crippen molar-refractivity contribution >= 4 is 0 Å². The van der Waals surface area contributed by atoms with Crippen LogP contribution in [0.4, 0.5) is 13.2 Å². The van der Waals surface area contributed by atoms with Crippen LogP contribution in [-0.4, -0.2) is 19.9 Å². The Morgan fingerprint density at radius 3 is 2.44 bits per heavy atom. The van der Waals surface area contributed by atoms with Crippen molar-refractivity contribution in [2.24, 2.45) is 0 Å². The molecule has 0 radical (unpaired) electrons. The monoisotopic (exact) mass is 229 g/mol. The topological polar surface area (TPSA) is 50.9 Å². The minimum absolute atomic E-state index is 0.0630. The Morgan fingerprint density at radius 2 is 1.94 bits per heavy atom. The first kappa shape index (κ1) is 10.5. The lowest BCUT2D eigenvalue weighted by Gasteiger charge is -2.01. The van der Waals surface area contributed by atoms with Gasteiger partial charge in [0.2, 0.25) is 0 Å². The number of aromatic hydroxyl groups is 1. The van der Waals surface area contributed by atoms with Crippen molar-refractivity contribution in [3.63, 3.8) is 0 Å². The van der Waals surface area contributed by atoms with E-state index in [4.69, 9.17) is 5.11 Å². The molecule has 1 N–H and O–H groups in total. The lowest BCUT2D eigenvalue weighted by atomic mass is 10.3. The Kier molecular flexibility index (Phi) is 2.30. The smallest absolute Gasteiger partial charge is 0.419 e. The van der Waals surface area contributed by atoms with Gasteiger partial charge in [0.1, 0.15) is 5.75 Å². The van der Waals surface area contributed by atoms with Crippen LogP contribution in [0.5, 0.6) is 5.75 Å². The van der Waals surface area contributed by atoms with Gasteiger partial charge in [-0.25, -0.2) is 9.67 Å². The van der Waals surface area contributed by atoms with E-state index in [-0.39, 0.29) is 11.6 Å². The molecule has 0 amide bonds. The molecule has 0 fully saturated rings. The molecule has 0 saturated heterocycles. The maximum Gasteiger partial charge on any atom is 0.419 e. The first-order chi connectivity index (χ1) is 7.47. The molecule has 2 aromatic rings. The number of pyridine rings is 1. The van der Waals surface area contributed by atoms with Gasteiger partial charge in [-0.05, 0) is 12.1 Å². The Balaban J connectivity index is 2.35. The van der Waals surface area contributed by atoms with Crippen LogP contribution < -0.4 is 0 Å². The third-order valence-corrected chi connectivity index (χ3v) is 1.88. The number of halogens is 3. The summed E-state index contributed by atoms with van der Waals surface area (Å²) >= 11 is 0. The standard InChI is InChI=1S/C9H6F3N3O/c10-9(11,12)6-3-14-15(5-6)8-2-1-7(16)4-13-8/h1-5,16H. The van der Waals surface area contributed by atoms with E-state index >= 15 is 0 Å². The Labute approximate surface area is 88.0 Å². The van der Waals surface area contributed by atoms with Crippen molar-refractivity contribution in [1.29, 1.82) is 0 Å². The SMILES string of the molecule is Oc1ccc(-n2cc(C(F)(F)F)cn2)nc1. The maximum absolute atomic E-state index is 12.3. The van der Waals surface area contributed by atoms with Gasteiger partial charge in [0, 0.05) is 6.20 Å². The van der Waals surface area contributed by atoms with Crippen molar-refractivity contribution in [2.45, 2.75) is 6.18 Å². The number of aromatic nitrogens is 3. The molecule has 0 aliphatic heterocycles. The highest BCUT2D eigenvalue weighted by Gasteiger charge is 2.32. The van der Waals surface area contributed by atoms with E-state index in [0.717, 1.165) is 17.1 Å². The fourth-order valence-electron chi connectivity index (χ4n) is 1.11. The molecule has 7 heteroatoms. The highest BCUT2D eigenvalue weighted by molar-refractivity contribution is 5.28. The maximum atomic E-state index is 12.3. The molecule has 0 bridgehead atoms. The average Bonchev–Trinajstić information content (AvgIpc) is 2.67. The highest BCUT2D eigenvalue weighted by atomic mass is 19.4. The summed E-state index contributed by atoms with van der Waals surface area (Å²) in [4.78, 5) is 3.73. The normalized spacial score (nSPS) is 11.7. The molecule has 2 rings (SSSR count). The van der Waals surface area contributed by atoms with Crippen LogP contribution in [0.3, 0.4) is 0 Å². The summed E-state index contributed by atoms with van der Waals surface area (Å²) in [7, 11) is 0. The van der Waals surface area contributed by atoms with Crippen LogP contribution in [0.1, 0.15) is 5.56 Å². The van der Waals surface area contributed by atoms with E-state index in [2.05, 4.69) is 10.1 Å². The third kappa shape index (κ3) is 1.97. The van der Waals surface area contributed by atoms with Gasteiger partial charge in [0.15, 0.2) is 5.82 Å². The van der Waals surface area contributed by atoms with Gasteiger partial charge >= 0.3 is 6.18 Å². The third-order valence-electron chi connectivity index (χ3n) is 1.88. The zero-order valence-electron chi connectivity index (χ0n) is 7.81. The first-order valence-corrected chi connectivity index (χ1v) is 4.24. The zero-order chi connectivity index (χ0) is 11.8. The molecular formula is C9H6F3N3O. The van der Waals surface area contributed by atoms with Crippen molar-refractivity contribution in [3.8, 4) is 11.6 Å². The second-order valence-electron chi connectivity index (χ2n) is 3.05. The van der Waals surface area contributed by atoms with Gasteiger partial charge in [-0.15, -0.1) is 0 Å². The van der Waals surface area contributed by atoms with Crippen LogP contribution in [0, 0.1) is 0 Å². The van der Waals surface area contributed by atoms with E-state index in [1.807, 2.05) is 0 Å². The first-order valence-electron chi connectivity index (χ1n) is 4.24. The lowest BCUT2D eigenvalue weighted by Crippen LogP contribution is -2.03.